The second kappa shape index (κ2) is 9.31. The number of hydrogen-bond acceptors (Lipinski definition) is 7. The van der Waals surface area contributed by atoms with E-state index in [9.17, 15) is 14.4 Å². The van der Waals surface area contributed by atoms with Gasteiger partial charge < -0.3 is 11.2 Å². The number of urea groups is 1. The van der Waals surface area contributed by atoms with E-state index < -0.39 is 17.2 Å². The highest BCUT2D eigenvalue weighted by molar-refractivity contribution is 8.00. The lowest BCUT2D eigenvalue weighted by Gasteiger charge is -2.14. The van der Waals surface area contributed by atoms with E-state index in [1.807, 2.05) is 49.6 Å². The zero-order valence-corrected chi connectivity index (χ0v) is 18.5. The molecule has 0 bridgehead atoms. The number of nitrogens with one attached hydrogen (secondary N) is 2. The van der Waals surface area contributed by atoms with Crippen LogP contribution in [0.25, 0.3) is 21.3 Å². The first-order chi connectivity index (χ1) is 14.3. The lowest BCUT2D eigenvalue weighted by Crippen LogP contribution is -2.44. The van der Waals surface area contributed by atoms with Gasteiger partial charge in [-0.1, -0.05) is 55.9 Å². The Balaban J connectivity index is 1.80. The van der Waals surface area contributed by atoms with Crippen LogP contribution in [0.2, 0.25) is 0 Å². The van der Waals surface area contributed by atoms with Gasteiger partial charge >= 0.3 is 6.03 Å². The van der Waals surface area contributed by atoms with E-state index in [0.717, 1.165) is 27.6 Å². The first kappa shape index (κ1) is 21.8. The zero-order valence-electron chi connectivity index (χ0n) is 16.8. The molecule has 0 fully saturated rings. The Kier molecular flexibility index (Phi) is 6.78. The highest BCUT2D eigenvalue weighted by Gasteiger charge is 2.22. The third-order valence-electron chi connectivity index (χ3n) is 4.25. The van der Waals surface area contributed by atoms with Crippen LogP contribution in [0.5, 0.6) is 0 Å². The Morgan fingerprint density at radius 1 is 1.23 bits per heavy atom. The number of hydrogen-bond donors (Lipinski definition) is 3. The third kappa shape index (κ3) is 4.82. The van der Waals surface area contributed by atoms with Crippen molar-refractivity contribution in [2.24, 2.45) is 5.92 Å². The average molecular weight is 446 g/mol. The van der Waals surface area contributed by atoms with E-state index in [1.165, 1.54) is 11.3 Å². The molecule has 2 aromatic heterocycles. The summed E-state index contributed by atoms with van der Waals surface area (Å²) in [5, 5.41) is 6.76. The maximum Gasteiger partial charge on any atom is 0.321 e. The molecule has 158 valence electrons. The molecule has 0 aliphatic rings. The van der Waals surface area contributed by atoms with Crippen LogP contribution in [0.1, 0.15) is 20.8 Å². The number of rotatable bonds is 6. The number of nitrogen functional groups attached to an aromatic ring is 1. The lowest BCUT2D eigenvalue weighted by molar-refractivity contribution is -0.119. The predicted molar refractivity (Wildman–Crippen MR) is 121 cm³/mol. The molecule has 3 amide bonds. The van der Waals surface area contributed by atoms with Crippen LogP contribution in [-0.2, 0) is 4.79 Å². The van der Waals surface area contributed by atoms with Gasteiger partial charge in [0.05, 0.1) is 10.6 Å². The highest BCUT2D eigenvalue weighted by atomic mass is 32.2. The first-order valence-electron chi connectivity index (χ1n) is 9.38. The molecule has 0 aliphatic carbocycles. The third-order valence-corrected chi connectivity index (χ3v) is 6.19. The number of benzene rings is 1. The van der Waals surface area contributed by atoms with Gasteiger partial charge in [0.1, 0.15) is 4.83 Å². The maximum atomic E-state index is 12.9. The highest BCUT2D eigenvalue weighted by Crippen LogP contribution is 2.32. The number of thiophene rings is 1. The molecule has 2 heterocycles. The summed E-state index contributed by atoms with van der Waals surface area (Å²) in [7, 11) is 0. The van der Waals surface area contributed by atoms with Gasteiger partial charge in [-0.3, -0.25) is 14.9 Å². The van der Waals surface area contributed by atoms with Crippen molar-refractivity contribution in [1.82, 2.24) is 20.3 Å². The number of fused-ring (bicyclic) bond motifs is 1. The number of carbonyl (C=O) groups is 2. The van der Waals surface area contributed by atoms with Crippen LogP contribution in [-0.4, -0.2) is 33.4 Å². The van der Waals surface area contributed by atoms with Crippen molar-refractivity contribution in [2.45, 2.75) is 31.2 Å². The molecule has 1 atom stereocenters. The van der Waals surface area contributed by atoms with Crippen molar-refractivity contribution in [2.75, 3.05) is 12.4 Å². The second-order valence-electron chi connectivity index (χ2n) is 7.12. The Hall–Kier alpha value is -2.85. The summed E-state index contributed by atoms with van der Waals surface area (Å²) in [6, 6.07) is 8.98. The monoisotopic (exact) mass is 445 g/mol. The Labute approximate surface area is 181 Å². The number of aromatic nitrogens is 2. The Bertz CT molecular complexity index is 1120. The molecule has 0 saturated carbocycles. The predicted octanol–water partition coefficient (Wildman–Crippen LogP) is 2.80. The maximum absolute atomic E-state index is 12.9. The largest absolute Gasteiger partial charge is 0.338 e. The van der Waals surface area contributed by atoms with Crippen molar-refractivity contribution < 1.29 is 9.59 Å². The van der Waals surface area contributed by atoms with Crippen molar-refractivity contribution in [1.29, 1.82) is 0 Å². The van der Waals surface area contributed by atoms with Crippen molar-refractivity contribution in [3.8, 4) is 11.1 Å². The van der Waals surface area contributed by atoms with Crippen LogP contribution >= 0.6 is 23.1 Å². The molecule has 4 N–H and O–H groups in total. The van der Waals surface area contributed by atoms with Crippen LogP contribution in [0, 0.1) is 5.92 Å². The summed E-state index contributed by atoms with van der Waals surface area (Å²) in [5.41, 5.74) is 1.30. The molecule has 8 nitrogen and oxygen atoms in total. The van der Waals surface area contributed by atoms with Crippen LogP contribution in [0.15, 0.2) is 45.7 Å². The average Bonchev–Trinajstić information content (AvgIpc) is 3.14. The van der Waals surface area contributed by atoms with E-state index in [4.69, 9.17) is 5.84 Å². The van der Waals surface area contributed by atoms with E-state index in [2.05, 4.69) is 15.6 Å². The van der Waals surface area contributed by atoms with E-state index in [1.54, 1.807) is 6.92 Å². The van der Waals surface area contributed by atoms with Gasteiger partial charge in [0.2, 0.25) is 5.91 Å². The Morgan fingerprint density at radius 2 is 1.93 bits per heavy atom. The quantitative estimate of drug-likeness (QED) is 0.305. The van der Waals surface area contributed by atoms with Crippen LogP contribution in [0.4, 0.5) is 4.79 Å². The van der Waals surface area contributed by atoms with Gasteiger partial charge in [-0.15, -0.1) is 11.3 Å². The van der Waals surface area contributed by atoms with Gasteiger partial charge in [-0.2, -0.15) is 0 Å². The topological polar surface area (TPSA) is 119 Å². The van der Waals surface area contributed by atoms with Crippen molar-refractivity contribution in [3.63, 3.8) is 0 Å². The fourth-order valence-corrected chi connectivity index (χ4v) is 4.48. The number of nitrogens with zero attached hydrogens (tertiary/aromatic N) is 2. The van der Waals surface area contributed by atoms with Crippen LogP contribution < -0.4 is 22.0 Å². The standard InChI is InChI=1S/C20H23N5O3S2/c1-11(2)9-22-19(28)23-16(26)12(3)30-20-24-17-15(18(27)25(20)21)14(10-29-17)13-7-5-4-6-8-13/h4-8,10-12H,9,21H2,1-3H3,(H2,22,23,26,28). The smallest absolute Gasteiger partial charge is 0.321 e. The number of nitrogens with two attached hydrogens (primary N) is 1. The van der Waals surface area contributed by atoms with E-state index in [0.29, 0.717) is 16.8 Å². The fraction of sp³-hybridized carbons (Fsp3) is 0.300. The molecule has 1 unspecified atom stereocenters. The molecule has 0 spiro atoms. The summed E-state index contributed by atoms with van der Waals surface area (Å²) in [4.78, 5) is 42.0. The van der Waals surface area contributed by atoms with Gasteiger partial charge in [0, 0.05) is 17.5 Å². The Morgan fingerprint density at radius 3 is 2.60 bits per heavy atom. The minimum absolute atomic E-state index is 0.208. The zero-order chi connectivity index (χ0) is 21.8. The summed E-state index contributed by atoms with van der Waals surface area (Å²) >= 11 is 2.36. The minimum Gasteiger partial charge on any atom is -0.338 e. The van der Waals surface area contributed by atoms with Gasteiger partial charge in [-0.25, -0.2) is 14.5 Å². The minimum atomic E-state index is -0.678. The van der Waals surface area contributed by atoms with Gasteiger partial charge in [0.15, 0.2) is 5.16 Å². The normalized spacial score (nSPS) is 12.1. The molecular formula is C20H23N5O3S2. The number of imide groups is 1. The summed E-state index contributed by atoms with van der Waals surface area (Å²) in [6.07, 6.45) is 0. The number of thioether (sulfide) groups is 1. The lowest BCUT2D eigenvalue weighted by atomic mass is 10.1. The molecule has 30 heavy (non-hydrogen) atoms. The molecular weight excluding hydrogens is 422 g/mol. The van der Waals surface area contributed by atoms with Gasteiger partial charge in [0.25, 0.3) is 5.56 Å². The first-order valence-corrected chi connectivity index (χ1v) is 11.1. The molecule has 3 aromatic rings. The van der Waals surface area contributed by atoms with E-state index >= 15 is 0 Å². The molecule has 0 radical (unpaired) electrons. The SMILES string of the molecule is CC(C)CNC(=O)NC(=O)C(C)Sc1nc2scc(-c3ccccc3)c2c(=O)n1N. The number of amides is 3. The van der Waals surface area contributed by atoms with Crippen LogP contribution in [0.3, 0.4) is 0 Å². The van der Waals surface area contributed by atoms with Gasteiger partial charge in [-0.05, 0) is 18.4 Å². The summed E-state index contributed by atoms with van der Waals surface area (Å²) in [5.74, 6) is 5.78. The van der Waals surface area contributed by atoms with Crippen molar-refractivity contribution >= 4 is 45.3 Å². The molecule has 10 heteroatoms. The fourth-order valence-electron chi connectivity index (χ4n) is 2.66. The molecule has 0 saturated heterocycles. The van der Waals surface area contributed by atoms with Crippen molar-refractivity contribution in [3.05, 3.63) is 46.1 Å². The summed E-state index contributed by atoms with van der Waals surface area (Å²) < 4.78 is 0.953. The molecule has 0 aliphatic heterocycles. The number of carbonyl (C=O) groups excluding carboxylic acids is 2. The second-order valence-corrected chi connectivity index (χ2v) is 9.28. The van der Waals surface area contributed by atoms with E-state index in [-0.39, 0.29) is 16.6 Å². The summed E-state index contributed by atoms with van der Waals surface area (Å²) in [6.45, 7) is 5.99. The molecule has 3 rings (SSSR count). The molecule has 1 aromatic carbocycles.